The Morgan fingerprint density at radius 2 is 2.00 bits per heavy atom. The molecule has 0 unspecified atom stereocenters. The van der Waals surface area contributed by atoms with E-state index in [1.54, 1.807) is 0 Å². The Bertz CT molecular complexity index is 355. The molecule has 0 amide bonds. The first-order valence-corrected chi connectivity index (χ1v) is 6.12. The molecule has 2 heterocycles. The lowest BCUT2D eigenvalue weighted by Gasteiger charge is -2.34. The largest absolute Gasteiger partial charge is 0.486 e. The minimum atomic E-state index is -0.0490. The van der Waals surface area contributed by atoms with Crippen LogP contribution in [0.3, 0.4) is 0 Å². The lowest BCUT2D eigenvalue weighted by molar-refractivity contribution is 0.0552. The summed E-state index contributed by atoms with van der Waals surface area (Å²) in [4.78, 5) is 6.34. The molecule has 1 aromatic heterocycles. The zero-order valence-corrected chi connectivity index (χ0v) is 10.9. The van der Waals surface area contributed by atoms with Crippen LogP contribution in [0.4, 0.5) is 5.82 Å². The van der Waals surface area contributed by atoms with Gasteiger partial charge in [-0.25, -0.2) is 4.98 Å². The molecule has 0 aliphatic carbocycles. The van der Waals surface area contributed by atoms with E-state index in [1.807, 2.05) is 37.3 Å². The van der Waals surface area contributed by atoms with Crippen LogP contribution in [0.2, 0.25) is 0 Å². The molecule has 1 fully saturated rings. The van der Waals surface area contributed by atoms with Crippen LogP contribution in [0.15, 0.2) is 18.3 Å². The van der Waals surface area contributed by atoms with Crippen molar-refractivity contribution < 1.29 is 4.74 Å². The fraction of sp³-hybridized carbons (Fsp3) is 0.615. The molecular weight excluding hydrogens is 214 g/mol. The maximum Gasteiger partial charge on any atom is 0.138 e. The molecule has 4 nitrogen and oxygen atoms in total. The second kappa shape index (κ2) is 4.92. The van der Waals surface area contributed by atoms with Gasteiger partial charge in [0.15, 0.2) is 0 Å². The minimum absolute atomic E-state index is 0.0490. The Hall–Kier alpha value is -1.29. The van der Waals surface area contributed by atoms with E-state index in [-0.39, 0.29) is 5.60 Å². The van der Waals surface area contributed by atoms with E-state index < -0.39 is 0 Å². The summed E-state index contributed by atoms with van der Waals surface area (Å²) in [5.41, 5.74) is -0.0490. The molecule has 2 rings (SSSR count). The van der Waals surface area contributed by atoms with Crippen LogP contribution in [0.1, 0.15) is 19.8 Å². The summed E-state index contributed by atoms with van der Waals surface area (Å²) in [6.07, 6.45) is 3.90. The number of nitrogens with zero attached hydrogens (tertiary/aromatic N) is 2. The van der Waals surface area contributed by atoms with Crippen LogP contribution in [-0.4, -0.2) is 37.8 Å². The molecule has 4 heteroatoms. The Balaban J connectivity index is 2.03. The van der Waals surface area contributed by atoms with E-state index in [9.17, 15) is 0 Å². The molecule has 1 saturated heterocycles. The van der Waals surface area contributed by atoms with Crippen LogP contribution in [-0.2, 0) is 0 Å². The number of ether oxygens (including phenoxy) is 1. The third-order valence-corrected chi connectivity index (χ3v) is 3.20. The predicted molar refractivity (Wildman–Crippen MR) is 69.7 cm³/mol. The summed E-state index contributed by atoms with van der Waals surface area (Å²) < 4.78 is 6.06. The van der Waals surface area contributed by atoms with Crippen LogP contribution in [0, 0.1) is 0 Å². The highest BCUT2D eigenvalue weighted by Crippen LogP contribution is 2.26. The molecular formula is C13H21N3O. The average Bonchev–Trinajstić information content (AvgIpc) is 2.30. The van der Waals surface area contributed by atoms with Gasteiger partial charge in [-0.05, 0) is 45.0 Å². The standard InChI is InChI=1S/C13H21N3O/c1-13(6-8-14-9-7-13)17-11-4-5-12(15-10-11)16(2)3/h4-5,10,14H,6-9H2,1-3H3. The number of pyridine rings is 1. The van der Waals surface area contributed by atoms with Crippen LogP contribution >= 0.6 is 0 Å². The van der Waals surface area contributed by atoms with Gasteiger partial charge < -0.3 is 15.0 Å². The van der Waals surface area contributed by atoms with Gasteiger partial charge in [-0.3, -0.25) is 0 Å². The Morgan fingerprint density at radius 1 is 1.29 bits per heavy atom. The summed E-state index contributed by atoms with van der Waals surface area (Å²) in [6, 6.07) is 3.98. The highest BCUT2D eigenvalue weighted by molar-refractivity contribution is 5.39. The van der Waals surface area contributed by atoms with Crippen molar-refractivity contribution >= 4 is 5.82 Å². The minimum Gasteiger partial charge on any atom is -0.486 e. The van der Waals surface area contributed by atoms with Gasteiger partial charge in [-0.15, -0.1) is 0 Å². The van der Waals surface area contributed by atoms with E-state index in [0.29, 0.717) is 0 Å². The van der Waals surface area contributed by atoms with Crippen molar-refractivity contribution in [3.63, 3.8) is 0 Å². The topological polar surface area (TPSA) is 37.4 Å². The van der Waals surface area contributed by atoms with Gasteiger partial charge in [0, 0.05) is 14.1 Å². The van der Waals surface area contributed by atoms with Crippen molar-refractivity contribution in [1.82, 2.24) is 10.3 Å². The summed E-state index contributed by atoms with van der Waals surface area (Å²) in [5.74, 6) is 1.81. The van der Waals surface area contributed by atoms with E-state index in [0.717, 1.165) is 37.5 Å². The van der Waals surface area contributed by atoms with Crippen molar-refractivity contribution in [2.75, 3.05) is 32.1 Å². The van der Waals surface area contributed by atoms with Gasteiger partial charge in [-0.1, -0.05) is 0 Å². The van der Waals surface area contributed by atoms with Gasteiger partial charge >= 0.3 is 0 Å². The molecule has 0 atom stereocenters. The number of hydrogen-bond donors (Lipinski definition) is 1. The third-order valence-electron chi connectivity index (χ3n) is 3.20. The van der Waals surface area contributed by atoms with E-state index >= 15 is 0 Å². The molecule has 0 bridgehead atoms. The molecule has 1 aliphatic heterocycles. The Labute approximate surface area is 103 Å². The lowest BCUT2D eigenvalue weighted by Crippen LogP contribution is -2.43. The number of anilines is 1. The van der Waals surface area contributed by atoms with Gasteiger partial charge in [0.25, 0.3) is 0 Å². The van der Waals surface area contributed by atoms with E-state index in [4.69, 9.17) is 4.74 Å². The molecule has 1 N–H and O–H groups in total. The summed E-state index contributed by atoms with van der Waals surface area (Å²) in [5, 5.41) is 3.35. The zero-order valence-electron chi connectivity index (χ0n) is 10.9. The SMILES string of the molecule is CN(C)c1ccc(OC2(C)CCNCC2)cn1. The molecule has 17 heavy (non-hydrogen) atoms. The average molecular weight is 235 g/mol. The van der Waals surface area contributed by atoms with Crippen molar-refractivity contribution in [3.05, 3.63) is 18.3 Å². The molecule has 1 aliphatic rings. The van der Waals surface area contributed by atoms with Crippen LogP contribution in [0.25, 0.3) is 0 Å². The quantitative estimate of drug-likeness (QED) is 0.864. The number of rotatable bonds is 3. The fourth-order valence-corrected chi connectivity index (χ4v) is 2.04. The van der Waals surface area contributed by atoms with Crippen molar-refractivity contribution in [2.45, 2.75) is 25.4 Å². The first kappa shape index (κ1) is 12.2. The fourth-order valence-electron chi connectivity index (χ4n) is 2.04. The normalized spacial score (nSPS) is 18.8. The van der Waals surface area contributed by atoms with Gasteiger partial charge in [0.05, 0.1) is 6.20 Å². The second-order valence-electron chi connectivity index (χ2n) is 5.05. The maximum absolute atomic E-state index is 6.06. The van der Waals surface area contributed by atoms with Crippen molar-refractivity contribution in [1.29, 1.82) is 0 Å². The second-order valence-corrected chi connectivity index (χ2v) is 5.05. The van der Waals surface area contributed by atoms with Crippen molar-refractivity contribution in [3.8, 4) is 5.75 Å². The van der Waals surface area contributed by atoms with E-state index in [1.165, 1.54) is 0 Å². The van der Waals surface area contributed by atoms with Gasteiger partial charge in [0.2, 0.25) is 0 Å². The van der Waals surface area contributed by atoms with Gasteiger partial charge in [0.1, 0.15) is 17.2 Å². The molecule has 94 valence electrons. The maximum atomic E-state index is 6.06. The smallest absolute Gasteiger partial charge is 0.138 e. The monoisotopic (exact) mass is 235 g/mol. The van der Waals surface area contributed by atoms with Gasteiger partial charge in [-0.2, -0.15) is 0 Å². The van der Waals surface area contributed by atoms with E-state index in [2.05, 4.69) is 17.2 Å². The zero-order chi connectivity index (χ0) is 12.3. The first-order chi connectivity index (χ1) is 8.09. The first-order valence-electron chi connectivity index (χ1n) is 6.12. The number of piperidine rings is 1. The number of aromatic nitrogens is 1. The summed E-state index contributed by atoms with van der Waals surface area (Å²) in [6.45, 7) is 4.23. The third kappa shape index (κ3) is 3.09. The Morgan fingerprint density at radius 3 is 2.53 bits per heavy atom. The summed E-state index contributed by atoms with van der Waals surface area (Å²) in [7, 11) is 3.97. The molecule has 0 aromatic carbocycles. The lowest BCUT2D eigenvalue weighted by atomic mass is 9.94. The molecule has 1 aromatic rings. The highest BCUT2D eigenvalue weighted by Gasteiger charge is 2.28. The van der Waals surface area contributed by atoms with Crippen LogP contribution in [0.5, 0.6) is 5.75 Å². The molecule has 0 spiro atoms. The van der Waals surface area contributed by atoms with Crippen molar-refractivity contribution in [2.24, 2.45) is 0 Å². The molecule has 0 radical (unpaired) electrons. The predicted octanol–water partition coefficient (Wildman–Crippen LogP) is 1.67. The summed E-state index contributed by atoms with van der Waals surface area (Å²) >= 11 is 0. The number of nitrogens with one attached hydrogen (secondary N) is 1. The highest BCUT2D eigenvalue weighted by atomic mass is 16.5. The van der Waals surface area contributed by atoms with Crippen LogP contribution < -0.4 is 15.0 Å². The molecule has 0 saturated carbocycles. The Kier molecular flexibility index (Phi) is 3.52. The number of hydrogen-bond acceptors (Lipinski definition) is 4.